The zero-order chi connectivity index (χ0) is 20.6. The van der Waals surface area contributed by atoms with Crippen molar-refractivity contribution in [3.8, 4) is 5.75 Å². The minimum atomic E-state index is -0.107. The number of rotatable bonds is 3. The molecule has 1 unspecified atom stereocenters. The van der Waals surface area contributed by atoms with Crippen molar-refractivity contribution in [1.29, 1.82) is 0 Å². The molecule has 3 atom stereocenters. The maximum absolute atomic E-state index is 14.1. The summed E-state index contributed by atoms with van der Waals surface area (Å²) < 4.78 is 6.17. The fraction of sp³-hybridized carbons (Fsp3) is 0.731. The number of hydrogen-bond acceptors (Lipinski definition) is 3. The number of para-hydroxylation sites is 1. The summed E-state index contributed by atoms with van der Waals surface area (Å²) in [5.41, 5.74) is 2.45. The van der Waals surface area contributed by atoms with Gasteiger partial charge >= 0.3 is 0 Å². The monoisotopic (exact) mass is 410 g/mol. The van der Waals surface area contributed by atoms with E-state index in [2.05, 4.69) is 35.3 Å². The molecule has 3 aliphatic heterocycles. The van der Waals surface area contributed by atoms with Crippen LogP contribution in [0.2, 0.25) is 0 Å². The van der Waals surface area contributed by atoms with Crippen LogP contribution in [0.3, 0.4) is 0 Å². The lowest BCUT2D eigenvalue weighted by Gasteiger charge is -2.46. The van der Waals surface area contributed by atoms with Crippen molar-refractivity contribution < 1.29 is 9.53 Å². The number of benzene rings is 1. The summed E-state index contributed by atoms with van der Waals surface area (Å²) >= 11 is 0. The van der Waals surface area contributed by atoms with E-state index in [9.17, 15) is 4.79 Å². The molecular formula is C26H38N2O2. The number of likely N-dealkylation sites (tertiary alicyclic amines) is 1. The Kier molecular flexibility index (Phi) is 5.79. The van der Waals surface area contributed by atoms with Gasteiger partial charge in [0, 0.05) is 36.7 Å². The van der Waals surface area contributed by atoms with Gasteiger partial charge in [0.1, 0.15) is 5.75 Å². The van der Waals surface area contributed by atoms with Crippen LogP contribution < -0.4 is 10.1 Å². The van der Waals surface area contributed by atoms with E-state index in [-0.39, 0.29) is 11.3 Å². The van der Waals surface area contributed by atoms with E-state index in [0.717, 1.165) is 50.8 Å². The van der Waals surface area contributed by atoms with Crippen LogP contribution in [0, 0.1) is 11.8 Å². The predicted octanol–water partition coefficient (Wildman–Crippen LogP) is 4.45. The molecule has 0 bridgehead atoms. The van der Waals surface area contributed by atoms with E-state index >= 15 is 0 Å². The SMILES string of the molecule is CCc1cccc2c1OCC[C@]21CNC[C@H]1C(=O)N1CCCCC1C1CCCCC1. The molecule has 4 nitrogen and oxygen atoms in total. The number of nitrogens with zero attached hydrogens (tertiary/aromatic N) is 1. The number of ether oxygens (including phenoxy) is 1. The summed E-state index contributed by atoms with van der Waals surface area (Å²) in [5.74, 6) is 2.25. The zero-order valence-corrected chi connectivity index (χ0v) is 18.6. The maximum atomic E-state index is 14.1. The summed E-state index contributed by atoms with van der Waals surface area (Å²) in [4.78, 5) is 16.5. The summed E-state index contributed by atoms with van der Waals surface area (Å²) in [5, 5.41) is 3.62. The number of piperidine rings is 1. The van der Waals surface area contributed by atoms with Crippen molar-refractivity contribution in [3.05, 3.63) is 29.3 Å². The molecule has 2 saturated heterocycles. The van der Waals surface area contributed by atoms with Crippen molar-refractivity contribution in [2.75, 3.05) is 26.2 Å². The molecule has 4 aliphatic rings. The second-order valence-electron chi connectivity index (χ2n) is 10.1. The Morgan fingerprint density at radius 2 is 2.00 bits per heavy atom. The Balaban J connectivity index is 1.46. The molecule has 1 spiro atoms. The maximum Gasteiger partial charge on any atom is 0.228 e. The average molecular weight is 411 g/mol. The molecule has 0 aromatic heterocycles. The van der Waals surface area contributed by atoms with Crippen LogP contribution in [0.1, 0.15) is 75.8 Å². The van der Waals surface area contributed by atoms with E-state index < -0.39 is 0 Å². The molecule has 5 rings (SSSR count). The number of fused-ring (bicyclic) bond motifs is 2. The number of carbonyl (C=O) groups is 1. The van der Waals surface area contributed by atoms with E-state index in [4.69, 9.17) is 4.74 Å². The van der Waals surface area contributed by atoms with Gasteiger partial charge in [-0.3, -0.25) is 4.79 Å². The molecule has 3 heterocycles. The average Bonchev–Trinajstić information content (AvgIpc) is 3.23. The molecule has 30 heavy (non-hydrogen) atoms. The minimum Gasteiger partial charge on any atom is -0.493 e. The molecule has 1 aromatic carbocycles. The Bertz CT molecular complexity index is 772. The topological polar surface area (TPSA) is 41.6 Å². The molecule has 0 radical (unpaired) electrons. The molecule has 1 saturated carbocycles. The van der Waals surface area contributed by atoms with E-state index in [1.54, 1.807) is 0 Å². The third kappa shape index (κ3) is 3.36. The van der Waals surface area contributed by atoms with Gasteiger partial charge in [-0.1, -0.05) is 44.4 Å². The highest BCUT2D eigenvalue weighted by molar-refractivity contribution is 5.82. The lowest BCUT2D eigenvalue weighted by molar-refractivity contribution is -0.142. The normalized spacial score (nSPS) is 32.1. The lowest BCUT2D eigenvalue weighted by atomic mass is 9.67. The first-order valence-corrected chi connectivity index (χ1v) is 12.5. The lowest BCUT2D eigenvalue weighted by Crippen LogP contribution is -2.54. The van der Waals surface area contributed by atoms with Crippen molar-refractivity contribution in [1.82, 2.24) is 10.2 Å². The number of hydrogen-bond donors (Lipinski definition) is 1. The highest BCUT2D eigenvalue weighted by atomic mass is 16.5. The molecule has 1 amide bonds. The first-order valence-electron chi connectivity index (χ1n) is 12.5. The van der Waals surface area contributed by atoms with Gasteiger partial charge in [-0.15, -0.1) is 0 Å². The molecule has 3 fully saturated rings. The number of nitrogens with one attached hydrogen (secondary N) is 1. The smallest absolute Gasteiger partial charge is 0.228 e. The molecule has 1 aliphatic carbocycles. The van der Waals surface area contributed by atoms with Crippen LogP contribution in [-0.2, 0) is 16.6 Å². The standard InChI is InChI=1S/C26H38N2O2/c1-2-19-11-8-12-21-24(19)30-16-14-26(21)18-27-17-22(26)25(29)28-15-7-6-13-23(28)20-9-4-3-5-10-20/h8,11-12,20,22-23,27H,2-7,9-10,13-18H2,1H3/t22-,23?,26-/m0/s1. The second kappa shape index (κ2) is 8.53. The molecule has 164 valence electrons. The fourth-order valence-corrected chi connectivity index (χ4v) is 6.96. The molecule has 1 N–H and O–H groups in total. The highest BCUT2D eigenvalue weighted by Gasteiger charge is 2.53. The van der Waals surface area contributed by atoms with Crippen molar-refractivity contribution in [2.24, 2.45) is 11.8 Å². The largest absolute Gasteiger partial charge is 0.493 e. The van der Waals surface area contributed by atoms with Gasteiger partial charge in [0.15, 0.2) is 0 Å². The highest BCUT2D eigenvalue weighted by Crippen LogP contribution is 2.48. The van der Waals surface area contributed by atoms with Crippen molar-refractivity contribution in [2.45, 2.75) is 82.6 Å². The number of carbonyl (C=O) groups excluding carboxylic acids is 1. The fourth-order valence-electron chi connectivity index (χ4n) is 6.96. The number of aryl methyl sites for hydroxylation is 1. The van der Waals surface area contributed by atoms with Gasteiger partial charge in [-0.2, -0.15) is 0 Å². The van der Waals surface area contributed by atoms with Crippen LogP contribution in [-0.4, -0.2) is 43.1 Å². The van der Waals surface area contributed by atoms with Crippen LogP contribution in [0.4, 0.5) is 0 Å². The van der Waals surface area contributed by atoms with E-state index in [1.165, 1.54) is 62.5 Å². The van der Waals surface area contributed by atoms with Gasteiger partial charge in [0.25, 0.3) is 0 Å². The summed E-state index contributed by atoms with van der Waals surface area (Å²) in [6.45, 7) is 5.59. The Hall–Kier alpha value is -1.55. The van der Waals surface area contributed by atoms with Crippen LogP contribution in [0.25, 0.3) is 0 Å². The van der Waals surface area contributed by atoms with Gasteiger partial charge in [-0.25, -0.2) is 0 Å². The molecule has 1 aromatic rings. The third-order valence-corrected chi connectivity index (χ3v) is 8.59. The first kappa shape index (κ1) is 20.4. The van der Waals surface area contributed by atoms with Gasteiger partial charge in [0.2, 0.25) is 5.91 Å². The number of amides is 1. The van der Waals surface area contributed by atoms with E-state index in [0.29, 0.717) is 11.9 Å². The quantitative estimate of drug-likeness (QED) is 0.800. The Morgan fingerprint density at radius 3 is 2.83 bits per heavy atom. The second-order valence-corrected chi connectivity index (χ2v) is 10.1. The van der Waals surface area contributed by atoms with Crippen molar-refractivity contribution in [3.63, 3.8) is 0 Å². The van der Waals surface area contributed by atoms with Crippen LogP contribution >= 0.6 is 0 Å². The Morgan fingerprint density at radius 1 is 1.17 bits per heavy atom. The minimum absolute atomic E-state index is 0.0384. The van der Waals surface area contributed by atoms with Gasteiger partial charge in [-0.05, 0) is 56.4 Å². The van der Waals surface area contributed by atoms with E-state index in [1.807, 2.05) is 0 Å². The zero-order valence-electron chi connectivity index (χ0n) is 18.6. The van der Waals surface area contributed by atoms with Crippen LogP contribution in [0.15, 0.2) is 18.2 Å². The summed E-state index contributed by atoms with van der Waals surface area (Å²) in [6, 6.07) is 7.06. The summed E-state index contributed by atoms with van der Waals surface area (Å²) in [7, 11) is 0. The first-order chi connectivity index (χ1) is 14.7. The molecule has 4 heteroatoms. The van der Waals surface area contributed by atoms with Crippen molar-refractivity contribution >= 4 is 5.91 Å². The van der Waals surface area contributed by atoms with Gasteiger partial charge in [0.05, 0.1) is 12.5 Å². The Labute approximate surface area is 181 Å². The molecular weight excluding hydrogens is 372 g/mol. The van der Waals surface area contributed by atoms with Gasteiger partial charge < -0.3 is 15.0 Å². The van der Waals surface area contributed by atoms with Crippen LogP contribution in [0.5, 0.6) is 5.75 Å². The predicted molar refractivity (Wildman–Crippen MR) is 120 cm³/mol. The third-order valence-electron chi connectivity index (χ3n) is 8.59. The summed E-state index contributed by atoms with van der Waals surface area (Å²) in [6.07, 6.45) is 12.3.